The monoisotopic (exact) mass is 367 g/mol. The highest BCUT2D eigenvalue weighted by Crippen LogP contribution is 2.26. The molecular weight excluding hydrogens is 346 g/mol. The van der Waals surface area contributed by atoms with Gasteiger partial charge in [0.2, 0.25) is 0 Å². The largest absolute Gasteiger partial charge is 0.486 e. The average Bonchev–Trinajstić information content (AvgIpc) is 3.14. The van der Waals surface area contributed by atoms with Crippen molar-refractivity contribution >= 4 is 17.2 Å². The van der Waals surface area contributed by atoms with Crippen molar-refractivity contribution in [2.45, 2.75) is 32.9 Å². The fourth-order valence-corrected chi connectivity index (χ4v) is 3.17. The number of para-hydroxylation sites is 1. The molecule has 1 aromatic carbocycles. The summed E-state index contributed by atoms with van der Waals surface area (Å²) in [5.41, 5.74) is 2.58. The molecule has 1 N–H and O–H groups in total. The number of carbonyl (C=O) groups excluding carboxylic acids is 1. The first-order chi connectivity index (χ1) is 12.6. The van der Waals surface area contributed by atoms with Crippen LogP contribution in [0.15, 0.2) is 54.2 Å². The fourth-order valence-electron chi connectivity index (χ4n) is 2.48. The smallest absolute Gasteiger partial charge is 0.271 e. The van der Waals surface area contributed by atoms with E-state index in [9.17, 15) is 4.79 Å². The molecule has 0 bridgehead atoms. The molecule has 3 rings (SSSR count). The van der Waals surface area contributed by atoms with Gasteiger partial charge in [-0.2, -0.15) is 0 Å². The molecule has 6 heteroatoms. The van der Waals surface area contributed by atoms with E-state index in [2.05, 4.69) is 35.2 Å². The molecule has 0 aliphatic heterocycles. The lowest BCUT2D eigenvalue weighted by Crippen LogP contribution is -2.23. The second kappa shape index (κ2) is 8.58. The van der Waals surface area contributed by atoms with E-state index in [-0.39, 0.29) is 5.91 Å². The van der Waals surface area contributed by atoms with Crippen molar-refractivity contribution in [2.24, 2.45) is 0 Å². The van der Waals surface area contributed by atoms with Gasteiger partial charge in [0.1, 0.15) is 23.1 Å². The lowest BCUT2D eigenvalue weighted by molar-refractivity contribution is 0.0946. The second-order valence-electron chi connectivity index (χ2n) is 6.15. The second-order valence-corrected chi connectivity index (χ2v) is 7.09. The quantitative estimate of drug-likeness (QED) is 0.681. The highest BCUT2D eigenvalue weighted by atomic mass is 32.1. The van der Waals surface area contributed by atoms with Gasteiger partial charge >= 0.3 is 0 Å². The molecular formula is C20H21N3O2S. The summed E-state index contributed by atoms with van der Waals surface area (Å²) in [5, 5.41) is 5.40. The number of pyridine rings is 1. The van der Waals surface area contributed by atoms with Gasteiger partial charge in [-0.05, 0) is 35.2 Å². The van der Waals surface area contributed by atoms with Gasteiger partial charge in [-0.25, -0.2) is 4.98 Å². The number of nitrogens with zero attached hydrogens (tertiary/aromatic N) is 2. The van der Waals surface area contributed by atoms with Crippen molar-refractivity contribution < 1.29 is 9.53 Å². The van der Waals surface area contributed by atoms with Crippen LogP contribution in [0.2, 0.25) is 0 Å². The molecule has 0 saturated carbocycles. The van der Waals surface area contributed by atoms with Crippen molar-refractivity contribution in [1.82, 2.24) is 15.3 Å². The molecule has 2 heterocycles. The van der Waals surface area contributed by atoms with E-state index in [4.69, 9.17) is 4.74 Å². The summed E-state index contributed by atoms with van der Waals surface area (Å²) in [4.78, 5) is 20.6. The normalized spacial score (nSPS) is 10.7. The van der Waals surface area contributed by atoms with Crippen molar-refractivity contribution in [3.63, 3.8) is 0 Å². The summed E-state index contributed by atoms with van der Waals surface area (Å²) in [6.45, 7) is 5.08. The number of aromatic nitrogens is 2. The zero-order valence-electron chi connectivity index (χ0n) is 14.8. The van der Waals surface area contributed by atoms with Crippen LogP contribution in [0.5, 0.6) is 5.75 Å². The molecule has 0 aliphatic carbocycles. The molecule has 0 saturated heterocycles. The lowest BCUT2D eigenvalue weighted by Gasteiger charge is -2.12. The van der Waals surface area contributed by atoms with Crippen molar-refractivity contribution in [1.29, 1.82) is 0 Å². The summed E-state index contributed by atoms with van der Waals surface area (Å²) < 4.78 is 5.92. The van der Waals surface area contributed by atoms with E-state index in [1.807, 2.05) is 30.3 Å². The third kappa shape index (κ3) is 4.67. The van der Waals surface area contributed by atoms with Gasteiger partial charge in [0, 0.05) is 24.3 Å². The van der Waals surface area contributed by atoms with Gasteiger partial charge < -0.3 is 10.1 Å². The van der Waals surface area contributed by atoms with Crippen LogP contribution in [0.3, 0.4) is 0 Å². The Balaban J connectivity index is 1.57. The molecule has 0 radical (unpaired) electrons. The SMILES string of the molecule is CC(C)c1ccccc1OCc1nc(C(=O)NCc2ccncc2)cs1. The summed E-state index contributed by atoms with van der Waals surface area (Å²) in [5.74, 6) is 1.06. The Labute approximate surface area is 157 Å². The van der Waals surface area contributed by atoms with Crippen LogP contribution in [-0.4, -0.2) is 15.9 Å². The number of benzene rings is 1. The molecule has 5 nitrogen and oxygen atoms in total. The standard InChI is InChI=1S/C20H21N3O2S/c1-14(2)16-5-3-4-6-18(16)25-12-19-23-17(13-26-19)20(24)22-11-15-7-9-21-10-8-15/h3-10,13-14H,11-12H2,1-2H3,(H,22,24). The van der Waals surface area contributed by atoms with E-state index in [1.54, 1.807) is 17.8 Å². The van der Waals surface area contributed by atoms with Crippen LogP contribution in [-0.2, 0) is 13.2 Å². The predicted octanol–water partition coefficient (Wildman–Crippen LogP) is 4.17. The van der Waals surface area contributed by atoms with Gasteiger partial charge in [-0.1, -0.05) is 32.0 Å². The summed E-state index contributed by atoms with van der Waals surface area (Å²) in [6.07, 6.45) is 3.41. The first-order valence-electron chi connectivity index (χ1n) is 8.46. The van der Waals surface area contributed by atoms with E-state index >= 15 is 0 Å². The maximum atomic E-state index is 12.2. The van der Waals surface area contributed by atoms with E-state index in [1.165, 1.54) is 16.9 Å². The Morgan fingerprint density at radius 2 is 1.96 bits per heavy atom. The Morgan fingerprint density at radius 1 is 1.19 bits per heavy atom. The molecule has 0 atom stereocenters. The van der Waals surface area contributed by atoms with Gasteiger partial charge in [-0.15, -0.1) is 11.3 Å². The Morgan fingerprint density at radius 3 is 2.73 bits per heavy atom. The number of ether oxygens (including phenoxy) is 1. The molecule has 0 unspecified atom stereocenters. The lowest BCUT2D eigenvalue weighted by atomic mass is 10.0. The van der Waals surface area contributed by atoms with Crippen LogP contribution in [0.1, 0.15) is 46.4 Å². The van der Waals surface area contributed by atoms with Crippen molar-refractivity contribution in [2.75, 3.05) is 0 Å². The number of hydrogen-bond acceptors (Lipinski definition) is 5. The topological polar surface area (TPSA) is 64.1 Å². The minimum absolute atomic E-state index is 0.188. The van der Waals surface area contributed by atoms with Gasteiger partial charge in [0.15, 0.2) is 0 Å². The van der Waals surface area contributed by atoms with Crippen molar-refractivity contribution in [3.8, 4) is 5.75 Å². The predicted molar refractivity (Wildman–Crippen MR) is 102 cm³/mol. The molecule has 0 spiro atoms. The van der Waals surface area contributed by atoms with Gasteiger partial charge in [-0.3, -0.25) is 9.78 Å². The minimum Gasteiger partial charge on any atom is -0.486 e. The highest BCUT2D eigenvalue weighted by molar-refractivity contribution is 7.09. The molecule has 134 valence electrons. The van der Waals surface area contributed by atoms with Crippen LogP contribution in [0, 0.1) is 0 Å². The van der Waals surface area contributed by atoms with E-state index in [0.29, 0.717) is 24.8 Å². The van der Waals surface area contributed by atoms with Crippen LogP contribution < -0.4 is 10.1 Å². The van der Waals surface area contributed by atoms with Crippen LogP contribution in [0.4, 0.5) is 0 Å². The third-order valence-corrected chi connectivity index (χ3v) is 4.70. The number of carbonyl (C=O) groups is 1. The molecule has 0 fully saturated rings. The number of hydrogen-bond donors (Lipinski definition) is 1. The summed E-state index contributed by atoms with van der Waals surface area (Å²) in [7, 11) is 0. The first kappa shape index (κ1) is 18.1. The maximum Gasteiger partial charge on any atom is 0.271 e. The Kier molecular flexibility index (Phi) is 5.96. The number of rotatable bonds is 7. The Hall–Kier alpha value is -2.73. The number of amides is 1. The molecule has 2 aromatic heterocycles. The zero-order valence-corrected chi connectivity index (χ0v) is 15.6. The molecule has 1 amide bonds. The number of nitrogens with one attached hydrogen (secondary N) is 1. The van der Waals surface area contributed by atoms with Gasteiger partial charge in [0.05, 0.1) is 0 Å². The Bertz CT molecular complexity index is 862. The summed E-state index contributed by atoms with van der Waals surface area (Å²) >= 11 is 1.43. The molecule has 26 heavy (non-hydrogen) atoms. The van der Waals surface area contributed by atoms with Crippen molar-refractivity contribution in [3.05, 3.63) is 76.0 Å². The maximum absolute atomic E-state index is 12.2. The minimum atomic E-state index is -0.188. The summed E-state index contributed by atoms with van der Waals surface area (Å²) in [6, 6.07) is 11.7. The number of thiazole rings is 1. The molecule has 3 aromatic rings. The van der Waals surface area contributed by atoms with E-state index in [0.717, 1.165) is 16.3 Å². The first-order valence-corrected chi connectivity index (χ1v) is 9.34. The van der Waals surface area contributed by atoms with Gasteiger partial charge in [0.25, 0.3) is 5.91 Å². The zero-order chi connectivity index (χ0) is 18.4. The average molecular weight is 367 g/mol. The fraction of sp³-hybridized carbons (Fsp3) is 0.250. The van der Waals surface area contributed by atoms with Crippen LogP contribution in [0.25, 0.3) is 0 Å². The van der Waals surface area contributed by atoms with Crippen LogP contribution >= 0.6 is 11.3 Å². The molecule has 0 aliphatic rings. The highest BCUT2D eigenvalue weighted by Gasteiger charge is 2.12. The third-order valence-electron chi connectivity index (χ3n) is 3.88. The van der Waals surface area contributed by atoms with E-state index < -0.39 is 0 Å².